The van der Waals surface area contributed by atoms with Gasteiger partial charge in [-0.05, 0) is 61.8 Å². The average molecular weight is 708 g/mol. The Morgan fingerprint density at radius 1 is 1.10 bits per heavy atom. The van der Waals surface area contributed by atoms with Crippen LogP contribution in [0.2, 0.25) is 0 Å². The van der Waals surface area contributed by atoms with Crippen molar-refractivity contribution in [1.29, 1.82) is 0 Å². The zero-order chi connectivity index (χ0) is 34.7. The van der Waals surface area contributed by atoms with Gasteiger partial charge in [-0.1, -0.05) is 18.4 Å². The summed E-state index contributed by atoms with van der Waals surface area (Å²) in [5.74, 6) is -1.87. The first-order valence-corrected chi connectivity index (χ1v) is 19.0. The SMILES string of the molecule is C=P(O)(O)C(Cc1ccc(OC(=O)N2CCC[C@@H]3CN(c4c(F)cc5c(=O)c(C(=O)O)cn(C6CC6)c5c4OC)C[C@@H]32)cc1)P(=O)(O)O. The molecule has 3 heterocycles. The van der Waals surface area contributed by atoms with Crippen molar-refractivity contribution >= 4 is 49.9 Å². The van der Waals surface area contributed by atoms with Gasteiger partial charge in [0.05, 0.1) is 24.1 Å². The smallest absolute Gasteiger partial charge is 0.415 e. The predicted octanol–water partition coefficient (Wildman–Crippen LogP) is 3.59. The summed E-state index contributed by atoms with van der Waals surface area (Å²) in [6.07, 6.45) is 6.47. The quantitative estimate of drug-likeness (QED) is 0.203. The number of benzene rings is 2. The average Bonchev–Trinajstić information content (AvgIpc) is 3.76. The fourth-order valence-electron chi connectivity index (χ4n) is 6.88. The highest BCUT2D eigenvalue weighted by Gasteiger charge is 2.44. The molecule has 1 unspecified atom stereocenters. The first-order chi connectivity index (χ1) is 22.6. The van der Waals surface area contributed by atoms with Crippen molar-refractivity contribution in [2.75, 3.05) is 31.6 Å². The normalized spacial score (nSPS) is 20.5. The lowest BCUT2D eigenvalue weighted by Gasteiger charge is -2.35. The van der Waals surface area contributed by atoms with E-state index in [0.717, 1.165) is 25.3 Å². The minimum absolute atomic E-state index is 0.0266. The molecule has 1 amide bonds. The maximum atomic E-state index is 15.9. The van der Waals surface area contributed by atoms with Crippen LogP contribution in [0.25, 0.3) is 10.9 Å². The second-order valence-electron chi connectivity index (χ2n) is 12.6. The largest absolute Gasteiger partial charge is 0.492 e. The molecule has 48 heavy (non-hydrogen) atoms. The highest BCUT2D eigenvalue weighted by atomic mass is 31.2. The lowest BCUT2D eigenvalue weighted by molar-refractivity contribution is 0.0694. The number of carbonyl (C=O) groups is 2. The molecule has 3 aromatic rings. The number of rotatable bonds is 9. The molecule has 1 aliphatic carbocycles. The maximum absolute atomic E-state index is 15.9. The summed E-state index contributed by atoms with van der Waals surface area (Å²) in [7, 11) is -7.60. The van der Waals surface area contributed by atoms with Crippen molar-refractivity contribution in [3.8, 4) is 11.5 Å². The van der Waals surface area contributed by atoms with Crippen molar-refractivity contribution in [1.82, 2.24) is 9.47 Å². The number of halogens is 1. The third-order valence-corrected chi connectivity index (χ3v) is 13.4. The van der Waals surface area contributed by atoms with Crippen molar-refractivity contribution < 1.29 is 52.7 Å². The first-order valence-electron chi connectivity index (χ1n) is 15.3. The van der Waals surface area contributed by atoms with Crippen LogP contribution in [-0.4, -0.2) is 90.7 Å². The summed E-state index contributed by atoms with van der Waals surface area (Å²) in [5.41, 5.74) is -0.402. The Morgan fingerprint density at radius 3 is 2.38 bits per heavy atom. The number of carboxylic acid groups (broad SMARTS) is 1. The van der Waals surface area contributed by atoms with E-state index >= 15 is 4.39 Å². The Hall–Kier alpha value is -3.71. The van der Waals surface area contributed by atoms with E-state index in [0.29, 0.717) is 30.6 Å². The molecule has 3 aliphatic rings. The number of carbonyl (C=O) groups excluding carboxylic acids is 1. The van der Waals surface area contributed by atoms with Gasteiger partial charge >= 0.3 is 19.7 Å². The third kappa shape index (κ3) is 6.50. The van der Waals surface area contributed by atoms with Gasteiger partial charge in [0.2, 0.25) is 5.43 Å². The van der Waals surface area contributed by atoms with E-state index in [9.17, 15) is 43.6 Å². The van der Waals surface area contributed by atoms with Crippen LogP contribution in [-0.2, 0) is 11.0 Å². The van der Waals surface area contributed by atoms with Crippen molar-refractivity contribution in [2.45, 2.75) is 49.6 Å². The van der Waals surface area contributed by atoms with E-state index in [-0.39, 0.29) is 53.5 Å². The minimum Gasteiger partial charge on any atom is -0.492 e. The second-order valence-corrected chi connectivity index (χ2v) is 17.0. The summed E-state index contributed by atoms with van der Waals surface area (Å²) < 4.78 is 40.8. The van der Waals surface area contributed by atoms with Crippen LogP contribution in [0.4, 0.5) is 14.9 Å². The number of methoxy groups -OCH3 is 1. The molecule has 3 fully saturated rings. The Bertz CT molecular complexity index is 1910. The van der Waals surface area contributed by atoms with E-state index in [1.807, 2.05) is 0 Å². The second kappa shape index (κ2) is 12.6. The number of hydrogen-bond acceptors (Lipinski definition) is 9. The molecule has 2 saturated heterocycles. The van der Waals surface area contributed by atoms with E-state index in [2.05, 4.69) is 6.30 Å². The van der Waals surface area contributed by atoms with E-state index in [4.69, 9.17) is 9.47 Å². The minimum atomic E-state index is -4.86. The van der Waals surface area contributed by atoms with Crippen LogP contribution in [0.1, 0.15) is 47.6 Å². The molecular formula is C31H36FN3O11P2. The monoisotopic (exact) mass is 707 g/mol. The number of fused-ring (bicyclic) bond motifs is 2. The van der Waals surface area contributed by atoms with E-state index in [1.165, 1.54) is 37.6 Å². The van der Waals surface area contributed by atoms with Crippen LogP contribution in [0, 0.1) is 11.7 Å². The van der Waals surface area contributed by atoms with Crippen LogP contribution < -0.4 is 19.8 Å². The number of nitrogens with zero attached hydrogens (tertiary/aromatic N) is 3. The molecule has 0 bridgehead atoms. The number of anilines is 1. The van der Waals surface area contributed by atoms with Gasteiger partial charge in [0.25, 0.3) is 0 Å². The Labute approximate surface area is 274 Å². The number of likely N-dealkylation sites (tertiary alicyclic amines) is 1. The summed E-state index contributed by atoms with van der Waals surface area (Å²) in [6.45, 7) is 1.05. The molecule has 0 spiro atoms. The van der Waals surface area contributed by atoms with E-state index < -0.39 is 49.2 Å². The van der Waals surface area contributed by atoms with Gasteiger partial charge in [-0.15, -0.1) is 0 Å². The fourth-order valence-corrected chi connectivity index (χ4v) is 9.76. The molecule has 2 aliphatic heterocycles. The van der Waals surface area contributed by atoms with Gasteiger partial charge in [-0.2, -0.15) is 0 Å². The maximum Gasteiger partial charge on any atom is 0.415 e. The van der Waals surface area contributed by atoms with Crippen molar-refractivity contribution in [3.63, 3.8) is 0 Å². The number of aromatic carboxylic acids is 1. The van der Waals surface area contributed by atoms with Crippen LogP contribution in [0.15, 0.2) is 41.3 Å². The Morgan fingerprint density at radius 2 is 1.79 bits per heavy atom. The number of aromatic nitrogens is 1. The number of amides is 1. The molecule has 1 saturated carbocycles. The molecule has 5 N–H and O–H groups in total. The summed E-state index contributed by atoms with van der Waals surface area (Å²) in [4.78, 5) is 80.5. The lowest BCUT2D eigenvalue weighted by Crippen LogP contribution is -2.49. The summed E-state index contributed by atoms with van der Waals surface area (Å²) in [5, 5.41) is 7.78. The summed E-state index contributed by atoms with van der Waals surface area (Å²) >= 11 is 0. The molecule has 2 aromatic carbocycles. The molecule has 1 aromatic heterocycles. The zero-order valence-corrected chi connectivity index (χ0v) is 27.7. The molecule has 6 rings (SSSR count). The van der Waals surface area contributed by atoms with E-state index in [1.54, 1.807) is 14.4 Å². The lowest BCUT2D eigenvalue weighted by atomic mass is 9.92. The van der Waals surface area contributed by atoms with Gasteiger partial charge in [0.15, 0.2) is 11.6 Å². The molecule has 0 radical (unpaired) electrons. The van der Waals surface area contributed by atoms with Gasteiger partial charge in [-0.25, -0.2) is 14.0 Å². The van der Waals surface area contributed by atoms with Gasteiger partial charge in [0, 0.05) is 31.9 Å². The third-order valence-electron chi connectivity index (χ3n) is 9.32. The highest BCUT2D eigenvalue weighted by molar-refractivity contribution is 7.76. The standard InChI is InChI=1S/C31H36FN3O11P2/c1-45-29-26-21(28(36)22(30(37)38)15-35(26)19-7-8-19)13-23(32)27(29)33-14-18-4-3-11-34(24(18)16-33)31(39)46-20-9-5-17(6-10-20)12-25(47(2,40)41)48(42,43)44/h5-6,9-10,13,15,18-19,24-25,40-41H,2-4,7-8,11-12,14,16H2,1H3,(H,37,38)(H2,42,43,44)/t18-,24+,25?/m1/s1. The summed E-state index contributed by atoms with van der Waals surface area (Å²) in [6, 6.07) is 6.50. The van der Waals surface area contributed by atoms with Gasteiger partial charge < -0.3 is 48.5 Å². The van der Waals surface area contributed by atoms with Crippen LogP contribution >= 0.6 is 14.9 Å². The first kappa shape index (κ1) is 34.2. The molecule has 258 valence electrons. The van der Waals surface area contributed by atoms with Crippen molar-refractivity contribution in [3.05, 3.63) is 63.7 Å². The van der Waals surface area contributed by atoms with Crippen LogP contribution in [0.5, 0.6) is 11.5 Å². The Balaban J connectivity index is 1.24. The molecule has 3 atom stereocenters. The Kier molecular flexibility index (Phi) is 8.99. The number of piperidine rings is 1. The zero-order valence-electron chi connectivity index (χ0n) is 25.9. The van der Waals surface area contributed by atoms with Gasteiger partial charge in [0.1, 0.15) is 29.7 Å². The van der Waals surface area contributed by atoms with Crippen LogP contribution in [0.3, 0.4) is 0 Å². The molecular weight excluding hydrogens is 671 g/mol. The number of carboxylic acids is 1. The molecule has 17 heteroatoms. The molecule has 14 nitrogen and oxygen atoms in total. The van der Waals surface area contributed by atoms with Crippen molar-refractivity contribution in [2.24, 2.45) is 5.92 Å². The number of hydrogen-bond donors (Lipinski definition) is 5. The predicted molar refractivity (Wildman–Crippen MR) is 176 cm³/mol. The highest BCUT2D eigenvalue weighted by Crippen LogP contribution is 2.60. The van der Waals surface area contributed by atoms with Gasteiger partial charge in [-0.3, -0.25) is 9.36 Å². The number of pyridine rings is 1. The number of ether oxygens (including phenoxy) is 2. The topological polar surface area (TPSA) is 199 Å². The fraction of sp³-hybridized carbons (Fsp3) is 0.419.